The summed E-state index contributed by atoms with van der Waals surface area (Å²) >= 11 is 0. The number of allylic oxidation sites excluding steroid dienone is 5. The predicted molar refractivity (Wildman–Crippen MR) is 223 cm³/mol. The Bertz CT molecular complexity index is 2000. The fourth-order valence-corrected chi connectivity index (χ4v) is 11.3. The third-order valence-corrected chi connectivity index (χ3v) is 14.8. The molecule has 0 amide bonds. The lowest BCUT2D eigenvalue weighted by molar-refractivity contribution is -0.143. The first-order chi connectivity index (χ1) is 25.4. The molecule has 0 unspecified atom stereocenters. The van der Waals surface area contributed by atoms with E-state index in [1.54, 1.807) is 5.57 Å². The lowest BCUT2D eigenvalue weighted by Gasteiger charge is -2.55. The van der Waals surface area contributed by atoms with Gasteiger partial charge in [0.1, 0.15) is 0 Å². The Balaban J connectivity index is 0.000000167. The number of hydrogen-bond acceptors (Lipinski definition) is 3. The zero-order valence-corrected chi connectivity index (χ0v) is 33.6. The molecule has 3 heteroatoms. The molecule has 4 aliphatic carbocycles. The fraction of sp³-hybridized carbons (Fsp3) is 0.540. The SMILES string of the molecule is CC(C)[C@@H](C)C=C[C@@H](C)[C@H]1CC[C@H]2C3=CC=C4C[C@@H](O)CC[C@]4(C)[C@H]3CC[C@]12C.CCOC(=O)CCCc1ccc2ccc3cccc4ccc1c2c34. The Labute approximate surface area is 319 Å². The molecule has 3 fully saturated rings. The van der Waals surface area contributed by atoms with Crippen molar-refractivity contribution in [3.05, 3.63) is 95.6 Å². The Morgan fingerprint density at radius 3 is 2.30 bits per heavy atom. The van der Waals surface area contributed by atoms with E-state index in [4.69, 9.17) is 4.74 Å². The minimum Gasteiger partial charge on any atom is -0.466 e. The Hall–Kier alpha value is -3.43. The third kappa shape index (κ3) is 7.13. The van der Waals surface area contributed by atoms with Crippen molar-refractivity contribution in [1.82, 2.24) is 0 Å². The van der Waals surface area contributed by atoms with Gasteiger partial charge in [-0.25, -0.2) is 0 Å². The summed E-state index contributed by atoms with van der Waals surface area (Å²) in [6.45, 7) is 16.9. The zero-order valence-electron chi connectivity index (χ0n) is 33.6. The van der Waals surface area contributed by atoms with Crippen LogP contribution in [0.5, 0.6) is 0 Å². The number of aryl methyl sites for hydroxylation is 1. The van der Waals surface area contributed by atoms with Gasteiger partial charge in [0.15, 0.2) is 0 Å². The molecule has 0 radical (unpaired) electrons. The summed E-state index contributed by atoms with van der Waals surface area (Å²) in [4.78, 5) is 11.5. The van der Waals surface area contributed by atoms with E-state index < -0.39 is 0 Å². The van der Waals surface area contributed by atoms with Crippen LogP contribution in [-0.2, 0) is 16.0 Å². The molecule has 4 aromatic rings. The summed E-state index contributed by atoms with van der Waals surface area (Å²) < 4.78 is 5.02. The van der Waals surface area contributed by atoms with Gasteiger partial charge >= 0.3 is 5.97 Å². The molecule has 4 aliphatic rings. The summed E-state index contributed by atoms with van der Waals surface area (Å²) in [5.41, 5.74) is 5.38. The van der Waals surface area contributed by atoms with E-state index in [9.17, 15) is 9.90 Å². The summed E-state index contributed by atoms with van der Waals surface area (Å²) in [6.07, 6.45) is 20.6. The molecule has 0 heterocycles. The quantitative estimate of drug-likeness (QED) is 0.107. The van der Waals surface area contributed by atoms with Crippen molar-refractivity contribution in [2.75, 3.05) is 6.61 Å². The molecule has 3 saturated carbocycles. The van der Waals surface area contributed by atoms with E-state index in [2.05, 4.69) is 120 Å². The van der Waals surface area contributed by atoms with Crippen LogP contribution in [0.25, 0.3) is 32.3 Å². The van der Waals surface area contributed by atoms with Gasteiger partial charge in [0, 0.05) is 6.42 Å². The van der Waals surface area contributed by atoms with Crippen molar-refractivity contribution in [3.8, 4) is 0 Å². The average Bonchev–Trinajstić information content (AvgIpc) is 3.51. The van der Waals surface area contributed by atoms with Gasteiger partial charge in [-0.2, -0.15) is 0 Å². The molecule has 4 aromatic carbocycles. The highest BCUT2D eigenvalue weighted by atomic mass is 16.5. The normalized spacial score (nSPS) is 29.3. The predicted octanol–water partition coefficient (Wildman–Crippen LogP) is 12.8. The number of aliphatic hydroxyl groups is 1. The molecule has 0 bridgehead atoms. The first-order valence-corrected chi connectivity index (χ1v) is 21.0. The molecular formula is C50H64O3. The maximum absolute atomic E-state index is 11.5. The molecule has 0 aromatic heterocycles. The fourth-order valence-electron chi connectivity index (χ4n) is 11.3. The molecule has 8 atom stereocenters. The monoisotopic (exact) mass is 712 g/mol. The summed E-state index contributed by atoms with van der Waals surface area (Å²) in [7, 11) is 0. The van der Waals surface area contributed by atoms with Crippen LogP contribution in [0, 0.1) is 46.3 Å². The topological polar surface area (TPSA) is 46.5 Å². The van der Waals surface area contributed by atoms with E-state index in [0.29, 0.717) is 35.7 Å². The van der Waals surface area contributed by atoms with Crippen molar-refractivity contribution in [1.29, 1.82) is 0 Å². The third-order valence-electron chi connectivity index (χ3n) is 14.8. The first-order valence-electron chi connectivity index (χ1n) is 21.0. The van der Waals surface area contributed by atoms with E-state index >= 15 is 0 Å². The number of benzene rings is 4. The van der Waals surface area contributed by atoms with Crippen LogP contribution in [0.15, 0.2) is 90.0 Å². The first kappa shape index (κ1) is 37.9. The minimum atomic E-state index is -0.116. The number of carbonyl (C=O) groups is 1. The Morgan fingerprint density at radius 1 is 0.849 bits per heavy atom. The van der Waals surface area contributed by atoms with E-state index in [1.807, 2.05) is 6.92 Å². The largest absolute Gasteiger partial charge is 0.466 e. The maximum atomic E-state index is 11.5. The standard InChI is InChI=1S/C28H44O.C22H20O2/c1-18(2)19(3)7-8-20(4)24-11-12-25-23-10-9-21-17-22(29)13-15-27(21,5)26(23)14-16-28(24,25)6;1-2-24-20(23)8-4-5-15-9-10-18-12-11-16-6-3-7-17-13-14-19(15)22(18)21(16)17/h7-10,18-20,22,24-26,29H,11-17H2,1-6H3;3,6-7,9-14H,2,4-5,8H2,1H3/t19-,20+,22-,24+,25-,26-,27-,28+;/m0./s1. The molecule has 282 valence electrons. The second kappa shape index (κ2) is 15.4. The van der Waals surface area contributed by atoms with Gasteiger partial charge in [-0.3, -0.25) is 4.79 Å². The summed E-state index contributed by atoms with van der Waals surface area (Å²) in [5.74, 6) is 4.28. The summed E-state index contributed by atoms with van der Waals surface area (Å²) in [5, 5.41) is 18.1. The number of ether oxygens (including phenoxy) is 1. The van der Waals surface area contributed by atoms with E-state index in [0.717, 1.165) is 49.4 Å². The van der Waals surface area contributed by atoms with Crippen molar-refractivity contribution in [2.45, 2.75) is 119 Å². The smallest absolute Gasteiger partial charge is 0.305 e. The minimum absolute atomic E-state index is 0.102. The van der Waals surface area contributed by atoms with Gasteiger partial charge in [-0.05, 0) is 149 Å². The Morgan fingerprint density at radius 2 is 1.57 bits per heavy atom. The van der Waals surface area contributed by atoms with E-state index in [-0.39, 0.29) is 12.1 Å². The van der Waals surface area contributed by atoms with Crippen LogP contribution in [0.2, 0.25) is 0 Å². The van der Waals surface area contributed by atoms with E-state index in [1.165, 1.54) is 75.6 Å². The lowest BCUT2D eigenvalue weighted by atomic mass is 9.50. The number of fused-ring (bicyclic) bond motifs is 5. The maximum Gasteiger partial charge on any atom is 0.305 e. The number of carbonyl (C=O) groups excluding carboxylic acids is 1. The van der Waals surface area contributed by atoms with Gasteiger partial charge in [-0.1, -0.05) is 132 Å². The van der Waals surface area contributed by atoms with Crippen LogP contribution in [0.3, 0.4) is 0 Å². The second-order valence-electron chi connectivity index (χ2n) is 18.1. The molecule has 53 heavy (non-hydrogen) atoms. The number of rotatable bonds is 9. The molecule has 3 nitrogen and oxygen atoms in total. The number of aliphatic hydroxyl groups excluding tert-OH is 1. The molecular weight excluding hydrogens is 649 g/mol. The van der Waals surface area contributed by atoms with Crippen molar-refractivity contribution >= 4 is 38.3 Å². The van der Waals surface area contributed by atoms with Gasteiger partial charge in [0.2, 0.25) is 0 Å². The van der Waals surface area contributed by atoms with Crippen LogP contribution in [0.1, 0.15) is 112 Å². The van der Waals surface area contributed by atoms with Gasteiger partial charge in [0.25, 0.3) is 0 Å². The van der Waals surface area contributed by atoms with Gasteiger partial charge < -0.3 is 9.84 Å². The molecule has 0 spiro atoms. The molecule has 0 saturated heterocycles. The van der Waals surface area contributed by atoms with Gasteiger partial charge in [0.05, 0.1) is 12.7 Å². The van der Waals surface area contributed by atoms with Crippen molar-refractivity contribution in [2.24, 2.45) is 46.3 Å². The van der Waals surface area contributed by atoms with Crippen LogP contribution < -0.4 is 0 Å². The molecule has 8 rings (SSSR count). The highest BCUT2D eigenvalue weighted by molar-refractivity contribution is 6.23. The van der Waals surface area contributed by atoms with Crippen LogP contribution in [-0.4, -0.2) is 23.8 Å². The Kier molecular flexibility index (Phi) is 11.0. The number of esters is 1. The zero-order chi connectivity index (χ0) is 37.5. The van der Waals surface area contributed by atoms with Crippen LogP contribution in [0.4, 0.5) is 0 Å². The lowest BCUT2D eigenvalue weighted by Crippen LogP contribution is -2.46. The highest BCUT2D eigenvalue weighted by Gasteiger charge is 2.56. The second-order valence-corrected chi connectivity index (χ2v) is 18.1. The average molecular weight is 713 g/mol. The highest BCUT2D eigenvalue weighted by Crippen LogP contribution is 2.66. The van der Waals surface area contributed by atoms with Crippen molar-refractivity contribution < 1.29 is 14.6 Å². The van der Waals surface area contributed by atoms with Crippen LogP contribution >= 0.6 is 0 Å². The number of hydrogen-bond donors (Lipinski definition) is 1. The van der Waals surface area contributed by atoms with Gasteiger partial charge in [-0.15, -0.1) is 0 Å². The van der Waals surface area contributed by atoms with Crippen molar-refractivity contribution in [3.63, 3.8) is 0 Å². The summed E-state index contributed by atoms with van der Waals surface area (Å²) in [6, 6.07) is 19.7. The molecule has 1 N–H and O–H groups in total. The molecule has 0 aliphatic heterocycles.